The summed E-state index contributed by atoms with van der Waals surface area (Å²) in [5, 5.41) is 0. The lowest BCUT2D eigenvalue weighted by molar-refractivity contribution is -0.120. The van der Waals surface area contributed by atoms with E-state index in [-0.39, 0.29) is 22.3 Å². The van der Waals surface area contributed by atoms with Gasteiger partial charge in [0, 0.05) is 23.5 Å². The summed E-state index contributed by atoms with van der Waals surface area (Å²) in [4.78, 5) is 39.5. The second-order valence-electron chi connectivity index (χ2n) is 10.4. The summed E-state index contributed by atoms with van der Waals surface area (Å²) in [6.45, 7) is 3.86. The number of ether oxygens (including phenoxy) is 1. The molecule has 5 rings (SSSR count). The lowest BCUT2D eigenvalue weighted by Crippen LogP contribution is -2.32. The van der Waals surface area contributed by atoms with Crippen molar-refractivity contribution in [1.29, 1.82) is 0 Å². The van der Waals surface area contributed by atoms with Crippen LogP contribution < -0.4 is 15.0 Å². The first-order valence-corrected chi connectivity index (χ1v) is 15.4. The first kappa shape index (κ1) is 29.1. The highest BCUT2D eigenvalue weighted by molar-refractivity contribution is 7.90. The van der Waals surface area contributed by atoms with Crippen molar-refractivity contribution in [3.8, 4) is 22.8 Å². The van der Waals surface area contributed by atoms with Crippen molar-refractivity contribution in [3.05, 3.63) is 93.9 Å². The van der Waals surface area contributed by atoms with E-state index in [1.54, 1.807) is 25.1 Å². The van der Waals surface area contributed by atoms with Gasteiger partial charge in [-0.05, 0) is 49.8 Å². The minimum atomic E-state index is -4.03. The Labute approximate surface area is 244 Å². The van der Waals surface area contributed by atoms with Gasteiger partial charge in [0.15, 0.2) is 5.75 Å². The number of carbonyl (C=O) groups excluding carboxylic acids is 1. The van der Waals surface area contributed by atoms with E-state index in [0.717, 1.165) is 24.1 Å². The summed E-state index contributed by atoms with van der Waals surface area (Å²) >= 11 is 0. The van der Waals surface area contributed by atoms with Crippen LogP contribution in [0.2, 0.25) is 0 Å². The molecule has 10 nitrogen and oxygen atoms in total. The van der Waals surface area contributed by atoms with Crippen LogP contribution in [-0.2, 0) is 27.7 Å². The van der Waals surface area contributed by atoms with E-state index in [1.165, 1.54) is 30.1 Å². The summed E-state index contributed by atoms with van der Waals surface area (Å²) in [7, 11) is -2.51. The van der Waals surface area contributed by atoms with Gasteiger partial charge in [-0.15, -0.1) is 0 Å². The molecule has 4 aromatic rings. The normalized spacial score (nSPS) is 13.1. The van der Waals surface area contributed by atoms with Crippen LogP contribution in [0.25, 0.3) is 17.1 Å². The Morgan fingerprint density at radius 1 is 1.07 bits per heavy atom. The van der Waals surface area contributed by atoms with E-state index < -0.39 is 15.9 Å². The SMILES string of the molecule is CCCCc1nc(C)n(-c2ncc(OC)cn2)c(=O)c1Cc1ccc(-c2ccccc2S(=O)(=O)NC(=O)C2CC2)cc1. The van der Waals surface area contributed by atoms with E-state index >= 15 is 0 Å². The van der Waals surface area contributed by atoms with Crippen molar-refractivity contribution in [3.63, 3.8) is 0 Å². The first-order chi connectivity index (χ1) is 20.2. The van der Waals surface area contributed by atoms with Crippen LogP contribution in [-0.4, -0.2) is 41.0 Å². The van der Waals surface area contributed by atoms with Gasteiger partial charge in [-0.1, -0.05) is 55.8 Å². The fourth-order valence-electron chi connectivity index (χ4n) is 4.77. The van der Waals surface area contributed by atoms with E-state index in [1.807, 2.05) is 24.3 Å². The number of rotatable bonds is 11. The second kappa shape index (κ2) is 12.2. The molecule has 1 fully saturated rings. The quantitative estimate of drug-likeness (QED) is 0.277. The van der Waals surface area contributed by atoms with Crippen LogP contribution in [0.15, 0.2) is 70.6 Å². The van der Waals surface area contributed by atoms with Crippen molar-refractivity contribution in [2.45, 2.75) is 57.3 Å². The number of benzene rings is 2. The Balaban J connectivity index is 1.47. The number of hydrogen-bond donors (Lipinski definition) is 1. The lowest BCUT2D eigenvalue weighted by atomic mass is 9.98. The maximum absolute atomic E-state index is 13.8. The molecule has 0 radical (unpaired) electrons. The molecular weight excluding hydrogens is 554 g/mol. The fraction of sp³-hybridized carbons (Fsp3) is 0.323. The van der Waals surface area contributed by atoms with Gasteiger partial charge in [0.25, 0.3) is 15.6 Å². The van der Waals surface area contributed by atoms with Gasteiger partial charge < -0.3 is 4.74 Å². The Morgan fingerprint density at radius 2 is 1.76 bits per heavy atom. The number of aryl methyl sites for hydroxylation is 2. The Hall–Kier alpha value is -4.38. The number of hydrogen-bond acceptors (Lipinski definition) is 8. The molecule has 0 aliphatic heterocycles. The standard InChI is InChI=1S/C31H33N5O5S/c1-4-5-9-27-26(30(38)36(20(2)34-27)31-32-18-24(41-3)19-33-31)17-21-11-13-22(14-12-21)25-8-6-7-10-28(25)42(39,40)35-29(37)23-15-16-23/h6-8,10-14,18-19,23H,4-5,9,15-17H2,1-3H3,(H,35,37). The molecule has 0 bridgehead atoms. The van der Waals surface area contributed by atoms with Gasteiger partial charge >= 0.3 is 0 Å². The molecule has 0 saturated heterocycles. The number of amides is 1. The molecule has 0 unspecified atom stereocenters. The Bertz CT molecular complexity index is 1760. The monoisotopic (exact) mass is 587 g/mol. The summed E-state index contributed by atoms with van der Waals surface area (Å²) in [5.41, 5.74) is 3.10. The second-order valence-corrected chi connectivity index (χ2v) is 12.0. The van der Waals surface area contributed by atoms with Gasteiger partial charge in [-0.25, -0.2) is 32.7 Å². The lowest BCUT2D eigenvalue weighted by Gasteiger charge is -2.15. The number of methoxy groups -OCH3 is 1. The maximum atomic E-state index is 13.8. The number of sulfonamides is 1. The van der Waals surface area contributed by atoms with E-state index in [9.17, 15) is 18.0 Å². The third-order valence-corrected chi connectivity index (χ3v) is 8.66. The zero-order chi connectivity index (χ0) is 29.9. The van der Waals surface area contributed by atoms with Crippen LogP contribution in [0.1, 0.15) is 55.3 Å². The molecular formula is C31H33N5O5S. The van der Waals surface area contributed by atoms with Gasteiger partial charge in [-0.3, -0.25) is 9.59 Å². The predicted molar refractivity (Wildman–Crippen MR) is 158 cm³/mol. The summed E-state index contributed by atoms with van der Waals surface area (Å²) in [5.74, 6) is 0.511. The highest BCUT2D eigenvalue weighted by atomic mass is 32.2. The van der Waals surface area contributed by atoms with Gasteiger partial charge in [0.1, 0.15) is 5.82 Å². The van der Waals surface area contributed by atoms with Crippen molar-refractivity contribution >= 4 is 15.9 Å². The van der Waals surface area contributed by atoms with E-state index in [4.69, 9.17) is 9.72 Å². The Morgan fingerprint density at radius 3 is 2.40 bits per heavy atom. The molecule has 1 saturated carbocycles. The fourth-order valence-corrected chi connectivity index (χ4v) is 6.05. The average Bonchev–Trinajstić information content (AvgIpc) is 3.84. The number of nitrogens with one attached hydrogen (secondary N) is 1. The molecule has 0 spiro atoms. The molecule has 2 aromatic carbocycles. The smallest absolute Gasteiger partial charge is 0.264 e. The molecule has 1 amide bonds. The molecule has 11 heteroatoms. The Kier molecular flexibility index (Phi) is 8.49. The van der Waals surface area contributed by atoms with Crippen LogP contribution in [0, 0.1) is 12.8 Å². The van der Waals surface area contributed by atoms with Crippen molar-refractivity contribution < 1.29 is 17.9 Å². The molecule has 1 aliphatic carbocycles. The molecule has 1 N–H and O–H groups in total. The van der Waals surface area contributed by atoms with Crippen LogP contribution in [0.4, 0.5) is 0 Å². The van der Waals surface area contributed by atoms with Crippen molar-refractivity contribution in [2.24, 2.45) is 5.92 Å². The van der Waals surface area contributed by atoms with Gasteiger partial charge in [-0.2, -0.15) is 0 Å². The number of nitrogens with zero attached hydrogens (tertiary/aromatic N) is 4. The van der Waals surface area contributed by atoms with E-state index in [2.05, 4.69) is 21.6 Å². The van der Waals surface area contributed by atoms with Gasteiger partial charge in [0.05, 0.1) is 30.1 Å². The number of aromatic nitrogens is 4. The molecule has 2 heterocycles. The summed E-state index contributed by atoms with van der Waals surface area (Å²) < 4.78 is 34.9. The van der Waals surface area contributed by atoms with Crippen LogP contribution >= 0.6 is 0 Å². The molecule has 0 atom stereocenters. The highest BCUT2D eigenvalue weighted by Gasteiger charge is 2.33. The van der Waals surface area contributed by atoms with Crippen molar-refractivity contribution in [1.82, 2.24) is 24.2 Å². The van der Waals surface area contributed by atoms with Crippen LogP contribution in [0.3, 0.4) is 0 Å². The average molecular weight is 588 g/mol. The number of unbranched alkanes of at least 4 members (excludes halogenated alkanes) is 1. The largest absolute Gasteiger partial charge is 0.494 e. The third kappa shape index (κ3) is 6.25. The molecule has 42 heavy (non-hydrogen) atoms. The minimum Gasteiger partial charge on any atom is -0.494 e. The van der Waals surface area contributed by atoms with Crippen molar-refractivity contribution in [2.75, 3.05) is 7.11 Å². The number of carbonyl (C=O) groups is 1. The predicted octanol–water partition coefficient (Wildman–Crippen LogP) is 4.15. The molecule has 2 aromatic heterocycles. The van der Waals surface area contributed by atoms with E-state index in [0.29, 0.717) is 53.9 Å². The third-order valence-electron chi connectivity index (χ3n) is 7.25. The minimum absolute atomic E-state index is 0.0405. The molecule has 218 valence electrons. The molecule has 1 aliphatic rings. The zero-order valence-corrected chi connectivity index (χ0v) is 24.6. The highest BCUT2D eigenvalue weighted by Crippen LogP contribution is 2.31. The summed E-state index contributed by atoms with van der Waals surface area (Å²) in [6, 6.07) is 14.0. The zero-order valence-electron chi connectivity index (χ0n) is 23.8. The van der Waals surface area contributed by atoms with Gasteiger partial charge in [0.2, 0.25) is 11.9 Å². The topological polar surface area (TPSA) is 133 Å². The maximum Gasteiger partial charge on any atom is 0.264 e. The van der Waals surface area contributed by atoms with Crippen LogP contribution in [0.5, 0.6) is 5.75 Å². The first-order valence-electron chi connectivity index (χ1n) is 13.9. The summed E-state index contributed by atoms with van der Waals surface area (Å²) in [6.07, 6.45) is 7.28.